The van der Waals surface area contributed by atoms with Gasteiger partial charge in [-0.15, -0.1) is 16.8 Å². The third-order valence-corrected chi connectivity index (χ3v) is 3.96. The highest BCUT2D eigenvalue weighted by atomic mass is 32.2. The number of rotatable bonds is 9. The molecule has 0 aliphatic carbocycles. The molecule has 0 saturated carbocycles. The first-order valence-electron chi connectivity index (χ1n) is 6.96. The number of methoxy groups -OCH3 is 1. The molecule has 3 N–H and O–H groups in total. The highest BCUT2D eigenvalue weighted by Crippen LogP contribution is 2.19. The fourth-order valence-electron chi connectivity index (χ4n) is 1.92. The van der Waals surface area contributed by atoms with Gasteiger partial charge in [-0.3, -0.25) is 4.79 Å². The topological polar surface area (TPSA) is 95.1 Å². The zero-order valence-corrected chi connectivity index (χ0v) is 13.7. The van der Waals surface area contributed by atoms with E-state index in [1.807, 2.05) is 28.8 Å². The molecule has 0 atom stereocenters. The summed E-state index contributed by atoms with van der Waals surface area (Å²) in [6.45, 7) is 4.79. The zero-order chi connectivity index (χ0) is 16.7. The Kier molecular flexibility index (Phi) is 6.04. The predicted molar refractivity (Wildman–Crippen MR) is 90.5 cm³/mol. The number of ether oxygens (including phenoxy) is 1. The number of nitrogens with zero attached hydrogens (tertiary/aromatic N) is 3. The van der Waals surface area contributed by atoms with Crippen LogP contribution < -0.4 is 15.8 Å². The van der Waals surface area contributed by atoms with Crippen LogP contribution >= 0.6 is 11.8 Å². The summed E-state index contributed by atoms with van der Waals surface area (Å²) in [4.78, 5) is 10.9. The number of primary amides is 1. The van der Waals surface area contributed by atoms with Gasteiger partial charge in [0.2, 0.25) is 5.91 Å². The largest absolute Gasteiger partial charge is 0.497 e. The van der Waals surface area contributed by atoms with Crippen LogP contribution in [-0.4, -0.2) is 33.5 Å². The number of thioether (sulfide) groups is 1. The lowest BCUT2D eigenvalue weighted by molar-refractivity contribution is -0.115. The summed E-state index contributed by atoms with van der Waals surface area (Å²) in [6.07, 6.45) is 1.76. The van der Waals surface area contributed by atoms with Crippen LogP contribution in [0.1, 0.15) is 5.82 Å². The average molecular weight is 333 g/mol. The Hall–Kier alpha value is -2.48. The summed E-state index contributed by atoms with van der Waals surface area (Å²) in [7, 11) is 1.63. The fraction of sp³-hybridized carbons (Fsp3) is 0.267. The number of amides is 1. The van der Waals surface area contributed by atoms with Gasteiger partial charge >= 0.3 is 0 Å². The molecule has 1 amide bonds. The number of anilines is 1. The first kappa shape index (κ1) is 16.9. The van der Waals surface area contributed by atoms with Crippen molar-refractivity contribution in [2.24, 2.45) is 5.73 Å². The number of hydrogen-bond acceptors (Lipinski definition) is 6. The molecule has 7 nitrogen and oxygen atoms in total. The molecule has 0 bridgehead atoms. The van der Waals surface area contributed by atoms with E-state index in [9.17, 15) is 4.79 Å². The Morgan fingerprint density at radius 2 is 2.35 bits per heavy atom. The van der Waals surface area contributed by atoms with E-state index in [0.29, 0.717) is 18.2 Å². The molecule has 0 spiro atoms. The normalized spacial score (nSPS) is 10.3. The molecule has 2 aromatic rings. The van der Waals surface area contributed by atoms with Crippen LogP contribution in [-0.2, 0) is 17.9 Å². The molecule has 0 aliphatic rings. The molecule has 1 aromatic heterocycles. The Morgan fingerprint density at radius 1 is 1.52 bits per heavy atom. The number of hydrogen-bond donors (Lipinski definition) is 2. The zero-order valence-electron chi connectivity index (χ0n) is 12.9. The monoisotopic (exact) mass is 333 g/mol. The van der Waals surface area contributed by atoms with E-state index in [1.54, 1.807) is 13.2 Å². The Balaban J connectivity index is 2.09. The van der Waals surface area contributed by atoms with E-state index in [2.05, 4.69) is 22.1 Å². The van der Waals surface area contributed by atoms with Gasteiger partial charge in [-0.1, -0.05) is 23.9 Å². The van der Waals surface area contributed by atoms with Gasteiger partial charge in [-0.2, -0.15) is 0 Å². The van der Waals surface area contributed by atoms with Gasteiger partial charge in [0, 0.05) is 18.3 Å². The molecule has 23 heavy (non-hydrogen) atoms. The molecule has 8 heteroatoms. The minimum absolute atomic E-state index is 0.165. The molecule has 0 fully saturated rings. The quantitative estimate of drug-likeness (QED) is 0.535. The van der Waals surface area contributed by atoms with Gasteiger partial charge in [-0.25, -0.2) is 0 Å². The summed E-state index contributed by atoms with van der Waals surface area (Å²) in [5, 5.41) is 12.2. The molecule has 1 heterocycles. The Labute approximate surface area is 138 Å². The summed E-state index contributed by atoms with van der Waals surface area (Å²) in [5.74, 6) is 1.30. The molecule has 0 aliphatic heterocycles. The lowest BCUT2D eigenvalue weighted by Crippen LogP contribution is -2.14. The lowest BCUT2D eigenvalue weighted by atomic mass is 10.3. The molecule has 0 radical (unpaired) electrons. The first-order chi connectivity index (χ1) is 11.1. The van der Waals surface area contributed by atoms with Crippen molar-refractivity contribution in [1.29, 1.82) is 0 Å². The van der Waals surface area contributed by atoms with Gasteiger partial charge in [-0.05, 0) is 12.1 Å². The van der Waals surface area contributed by atoms with Crippen LogP contribution in [0.4, 0.5) is 5.69 Å². The van der Waals surface area contributed by atoms with Gasteiger partial charge in [0.05, 0.1) is 19.4 Å². The predicted octanol–water partition coefficient (Wildman–Crippen LogP) is 1.66. The molecule has 0 unspecified atom stereocenters. The Bertz CT molecular complexity index is 686. The minimum atomic E-state index is -0.390. The number of nitrogens with one attached hydrogen (secondary N) is 1. The standard InChI is InChI=1S/C15H19N5O2S/c1-3-7-20-14(18-19-15(20)23-10-13(16)21)9-17-11-5-4-6-12(8-11)22-2/h3-6,8,17H,1,7,9-10H2,2H3,(H2,16,21). The minimum Gasteiger partial charge on any atom is -0.497 e. The Morgan fingerprint density at radius 3 is 3.04 bits per heavy atom. The van der Waals surface area contributed by atoms with Crippen molar-refractivity contribution in [2.75, 3.05) is 18.2 Å². The van der Waals surface area contributed by atoms with E-state index >= 15 is 0 Å². The average Bonchev–Trinajstić information content (AvgIpc) is 2.93. The second kappa shape index (κ2) is 8.23. The van der Waals surface area contributed by atoms with Crippen molar-refractivity contribution in [3.63, 3.8) is 0 Å². The first-order valence-corrected chi connectivity index (χ1v) is 7.94. The van der Waals surface area contributed by atoms with Gasteiger partial charge in [0.25, 0.3) is 0 Å². The third kappa shape index (κ3) is 4.75. The number of aromatic nitrogens is 3. The molecule has 122 valence electrons. The molecule has 2 rings (SSSR count). The van der Waals surface area contributed by atoms with E-state index in [-0.39, 0.29) is 11.7 Å². The highest BCUT2D eigenvalue weighted by Gasteiger charge is 2.12. The summed E-state index contributed by atoms with van der Waals surface area (Å²) in [5.41, 5.74) is 6.09. The van der Waals surface area contributed by atoms with E-state index < -0.39 is 0 Å². The van der Waals surface area contributed by atoms with E-state index in [0.717, 1.165) is 17.3 Å². The van der Waals surface area contributed by atoms with Crippen LogP contribution in [0.15, 0.2) is 42.1 Å². The SMILES string of the molecule is C=CCn1c(CNc2cccc(OC)c2)nnc1SCC(N)=O. The summed E-state index contributed by atoms with van der Waals surface area (Å²) < 4.78 is 7.09. The number of benzene rings is 1. The summed E-state index contributed by atoms with van der Waals surface area (Å²) in [6, 6.07) is 7.63. The van der Waals surface area contributed by atoms with Gasteiger partial charge < -0.3 is 20.4 Å². The molecular weight excluding hydrogens is 314 g/mol. The second-order valence-electron chi connectivity index (χ2n) is 4.64. The van der Waals surface area contributed by atoms with Crippen molar-refractivity contribution in [3.8, 4) is 5.75 Å². The number of carbonyl (C=O) groups is 1. The smallest absolute Gasteiger partial charge is 0.227 e. The second-order valence-corrected chi connectivity index (χ2v) is 5.58. The van der Waals surface area contributed by atoms with Crippen molar-refractivity contribution < 1.29 is 9.53 Å². The molecule has 1 aromatic carbocycles. The summed E-state index contributed by atoms with van der Waals surface area (Å²) >= 11 is 1.26. The van der Waals surface area contributed by atoms with Crippen molar-refractivity contribution in [3.05, 3.63) is 42.7 Å². The van der Waals surface area contributed by atoms with Crippen molar-refractivity contribution >= 4 is 23.4 Å². The van der Waals surface area contributed by atoms with E-state index in [4.69, 9.17) is 10.5 Å². The maximum absolute atomic E-state index is 10.9. The third-order valence-electron chi connectivity index (χ3n) is 2.97. The maximum atomic E-state index is 10.9. The van der Waals surface area contributed by atoms with Crippen LogP contribution in [0.2, 0.25) is 0 Å². The highest BCUT2D eigenvalue weighted by molar-refractivity contribution is 7.99. The van der Waals surface area contributed by atoms with Crippen molar-refractivity contribution in [1.82, 2.24) is 14.8 Å². The number of carbonyl (C=O) groups excluding carboxylic acids is 1. The van der Waals surface area contributed by atoms with Crippen LogP contribution in [0.3, 0.4) is 0 Å². The van der Waals surface area contributed by atoms with Crippen molar-refractivity contribution in [2.45, 2.75) is 18.2 Å². The fourth-order valence-corrected chi connectivity index (χ4v) is 2.62. The van der Waals surface area contributed by atoms with Crippen LogP contribution in [0, 0.1) is 0 Å². The van der Waals surface area contributed by atoms with Crippen LogP contribution in [0.5, 0.6) is 5.75 Å². The molecule has 0 saturated heterocycles. The number of nitrogens with two attached hydrogens (primary N) is 1. The lowest BCUT2D eigenvalue weighted by Gasteiger charge is -2.10. The number of allylic oxidation sites excluding steroid dienone is 1. The maximum Gasteiger partial charge on any atom is 0.227 e. The van der Waals surface area contributed by atoms with Crippen LogP contribution in [0.25, 0.3) is 0 Å². The molecular formula is C15H19N5O2S. The van der Waals surface area contributed by atoms with E-state index in [1.165, 1.54) is 11.8 Å². The van der Waals surface area contributed by atoms with Gasteiger partial charge in [0.1, 0.15) is 5.75 Å². The van der Waals surface area contributed by atoms with Gasteiger partial charge in [0.15, 0.2) is 11.0 Å².